The number of carbonyl (C=O) groups is 4. The van der Waals surface area contributed by atoms with E-state index in [0.29, 0.717) is 5.69 Å². The highest BCUT2D eigenvalue weighted by atomic mass is 32.2. The first-order chi connectivity index (χ1) is 12.9. The molecule has 138 valence electrons. The van der Waals surface area contributed by atoms with Crippen LogP contribution in [0.15, 0.2) is 48.5 Å². The molecule has 3 rings (SSSR count). The lowest BCUT2D eigenvalue weighted by molar-refractivity contribution is -0.121. The lowest BCUT2D eigenvalue weighted by Crippen LogP contribution is -2.32. The van der Waals surface area contributed by atoms with Gasteiger partial charge >= 0.3 is 5.97 Å². The standard InChI is InChI=1S/C18H14N2O6S/c21-13-8-10(6-7-12(13)17(24)25)19-15(22)9-14-16(23)20(18(26)27-14)11-4-2-1-3-5-11/h1-8,14,21H,9H2,(H,19,22)(H,24,25)/t14-/m1/s1. The third-order valence-corrected chi connectivity index (χ3v) is 4.86. The molecule has 0 aliphatic carbocycles. The number of nitrogens with one attached hydrogen (secondary N) is 1. The van der Waals surface area contributed by atoms with Crippen molar-refractivity contribution in [3.05, 3.63) is 54.1 Å². The van der Waals surface area contributed by atoms with E-state index < -0.39 is 34.0 Å². The molecule has 27 heavy (non-hydrogen) atoms. The largest absolute Gasteiger partial charge is 0.507 e. The van der Waals surface area contributed by atoms with E-state index in [-0.39, 0.29) is 17.7 Å². The zero-order valence-electron chi connectivity index (χ0n) is 13.8. The molecule has 0 unspecified atom stereocenters. The van der Waals surface area contributed by atoms with E-state index >= 15 is 0 Å². The van der Waals surface area contributed by atoms with Crippen LogP contribution >= 0.6 is 11.8 Å². The van der Waals surface area contributed by atoms with Gasteiger partial charge in [0.15, 0.2) is 0 Å². The minimum atomic E-state index is -1.29. The zero-order chi connectivity index (χ0) is 19.6. The quantitative estimate of drug-likeness (QED) is 0.722. The Bertz CT molecular complexity index is 931. The van der Waals surface area contributed by atoms with Crippen molar-refractivity contribution in [2.75, 3.05) is 10.2 Å². The number of carbonyl (C=O) groups excluding carboxylic acids is 3. The predicted octanol–water partition coefficient (Wildman–Crippen LogP) is 2.69. The van der Waals surface area contributed by atoms with Gasteiger partial charge in [-0.3, -0.25) is 14.4 Å². The van der Waals surface area contributed by atoms with E-state index in [2.05, 4.69) is 5.32 Å². The van der Waals surface area contributed by atoms with E-state index in [0.717, 1.165) is 28.8 Å². The van der Waals surface area contributed by atoms with Crippen LogP contribution in [0.2, 0.25) is 0 Å². The first-order valence-corrected chi connectivity index (χ1v) is 8.70. The SMILES string of the molecule is O=C(C[C@H]1SC(=O)N(c2ccccc2)C1=O)Nc1ccc(C(=O)O)c(O)c1. The zero-order valence-corrected chi connectivity index (χ0v) is 14.6. The van der Waals surface area contributed by atoms with E-state index in [9.17, 15) is 24.3 Å². The Hall–Kier alpha value is -3.33. The van der Waals surface area contributed by atoms with Crippen LogP contribution in [0.25, 0.3) is 0 Å². The van der Waals surface area contributed by atoms with Gasteiger partial charge in [-0.1, -0.05) is 18.2 Å². The number of imide groups is 1. The number of hydrogen-bond acceptors (Lipinski definition) is 6. The van der Waals surface area contributed by atoms with E-state index in [1.54, 1.807) is 30.3 Å². The molecule has 0 radical (unpaired) electrons. The van der Waals surface area contributed by atoms with Crippen LogP contribution in [0.1, 0.15) is 16.8 Å². The highest BCUT2D eigenvalue weighted by Crippen LogP contribution is 2.33. The van der Waals surface area contributed by atoms with Gasteiger partial charge in [0.25, 0.3) is 5.24 Å². The molecule has 1 aliphatic rings. The van der Waals surface area contributed by atoms with E-state index in [1.165, 1.54) is 6.07 Å². The average molecular weight is 386 g/mol. The van der Waals surface area contributed by atoms with Crippen molar-refractivity contribution in [3.8, 4) is 5.75 Å². The number of phenols is 1. The number of carboxylic acids is 1. The minimum absolute atomic E-state index is 0.184. The third-order valence-electron chi connectivity index (χ3n) is 3.82. The number of aromatic hydroxyl groups is 1. The maximum Gasteiger partial charge on any atom is 0.339 e. The molecule has 9 heteroatoms. The molecule has 2 aromatic rings. The molecule has 3 amide bonds. The van der Waals surface area contributed by atoms with Crippen molar-refractivity contribution in [2.24, 2.45) is 0 Å². The van der Waals surface area contributed by atoms with Gasteiger partial charge in [0.2, 0.25) is 11.8 Å². The summed E-state index contributed by atoms with van der Waals surface area (Å²) in [6, 6.07) is 12.0. The smallest absolute Gasteiger partial charge is 0.339 e. The number of aromatic carboxylic acids is 1. The van der Waals surface area contributed by atoms with Crippen LogP contribution in [-0.4, -0.2) is 38.5 Å². The van der Waals surface area contributed by atoms with Gasteiger partial charge < -0.3 is 15.5 Å². The molecule has 1 saturated heterocycles. The first-order valence-electron chi connectivity index (χ1n) is 7.82. The molecule has 1 fully saturated rings. The number of nitrogens with zero attached hydrogens (tertiary/aromatic N) is 1. The fourth-order valence-electron chi connectivity index (χ4n) is 2.57. The number of benzene rings is 2. The number of thioether (sulfide) groups is 1. The van der Waals surface area contributed by atoms with Crippen LogP contribution < -0.4 is 10.2 Å². The van der Waals surface area contributed by atoms with Crippen molar-refractivity contribution >= 4 is 46.2 Å². The molecular weight excluding hydrogens is 372 g/mol. The van der Waals surface area contributed by atoms with Crippen molar-refractivity contribution in [3.63, 3.8) is 0 Å². The Morgan fingerprint density at radius 3 is 2.44 bits per heavy atom. The summed E-state index contributed by atoms with van der Waals surface area (Å²) >= 11 is 0.775. The molecule has 1 heterocycles. The van der Waals surface area contributed by atoms with Crippen molar-refractivity contribution in [1.82, 2.24) is 0 Å². The Balaban J connectivity index is 1.66. The van der Waals surface area contributed by atoms with Gasteiger partial charge in [0.1, 0.15) is 16.6 Å². The van der Waals surface area contributed by atoms with Gasteiger partial charge in [-0.05, 0) is 36.0 Å². The van der Waals surface area contributed by atoms with E-state index in [4.69, 9.17) is 5.11 Å². The summed E-state index contributed by atoms with van der Waals surface area (Å²) in [6.07, 6.45) is -0.236. The lowest BCUT2D eigenvalue weighted by Gasteiger charge is -2.13. The fraction of sp³-hybridized carbons (Fsp3) is 0.111. The van der Waals surface area contributed by atoms with Crippen LogP contribution in [-0.2, 0) is 9.59 Å². The topological polar surface area (TPSA) is 124 Å². The summed E-state index contributed by atoms with van der Waals surface area (Å²) in [6.45, 7) is 0. The van der Waals surface area contributed by atoms with Crippen LogP contribution in [0.5, 0.6) is 5.75 Å². The second-order valence-corrected chi connectivity index (χ2v) is 6.82. The molecule has 0 aromatic heterocycles. The molecule has 0 spiro atoms. The molecule has 1 aliphatic heterocycles. The number of rotatable bonds is 5. The number of carboxylic acid groups (broad SMARTS) is 1. The summed E-state index contributed by atoms with van der Waals surface area (Å²) in [5.41, 5.74) is 0.333. The highest BCUT2D eigenvalue weighted by Gasteiger charge is 2.41. The maximum atomic E-state index is 12.5. The fourth-order valence-corrected chi connectivity index (χ4v) is 3.55. The number of amides is 3. The summed E-state index contributed by atoms with van der Waals surface area (Å²) in [5.74, 6) is -2.80. The highest BCUT2D eigenvalue weighted by molar-refractivity contribution is 8.15. The van der Waals surface area contributed by atoms with Crippen molar-refractivity contribution in [2.45, 2.75) is 11.7 Å². The first kappa shape index (κ1) is 18.5. The molecule has 0 saturated carbocycles. The van der Waals surface area contributed by atoms with Gasteiger partial charge in [0.05, 0.1) is 5.69 Å². The summed E-state index contributed by atoms with van der Waals surface area (Å²) in [5, 5.41) is 19.7. The molecule has 3 N–H and O–H groups in total. The molecule has 2 aromatic carbocycles. The van der Waals surface area contributed by atoms with Crippen molar-refractivity contribution in [1.29, 1.82) is 0 Å². The van der Waals surface area contributed by atoms with Gasteiger partial charge in [-0.15, -0.1) is 0 Å². The monoisotopic (exact) mass is 386 g/mol. The Kier molecular flexibility index (Phi) is 5.13. The molecule has 8 nitrogen and oxygen atoms in total. The van der Waals surface area contributed by atoms with E-state index in [1.807, 2.05) is 0 Å². The van der Waals surface area contributed by atoms with Gasteiger partial charge in [-0.25, -0.2) is 9.69 Å². The second kappa shape index (κ2) is 7.50. The third kappa shape index (κ3) is 3.93. The Morgan fingerprint density at radius 2 is 1.81 bits per heavy atom. The number of hydrogen-bond donors (Lipinski definition) is 3. The number of anilines is 2. The summed E-state index contributed by atoms with van der Waals surface area (Å²) in [4.78, 5) is 48.7. The lowest BCUT2D eigenvalue weighted by atomic mass is 10.1. The Morgan fingerprint density at radius 1 is 1.11 bits per heavy atom. The summed E-state index contributed by atoms with van der Waals surface area (Å²) in [7, 11) is 0. The van der Waals surface area contributed by atoms with Crippen molar-refractivity contribution < 1.29 is 29.4 Å². The molecule has 0 bridgehead atoms. The number of para-hydroxylation sites is 1. The van der Waals surface area contributed by atoms with Crippen LogP contribution in [0.3, 0.4) is 0 Å². The van der Waals surface area contributed by atoms with Gasteiger partial charge in [0, 0.05) is 18.2 Å². The second-order valence-electron chi connectivity index (χ2n) is 5.67. The van der Waals surface area contributed by atoms with Gasteiger partial charge in [-0.2, -0.15) is 0 Å². The predicted molar refractivity (Wildman–Crippen MR) is 99.0 cm³/mol. The normalized spacial score (nSPS) is 16.4. The van der Waals surface area contributed by atoms with Crippen LogP contribution in [0.4, 0.5) is 16.2 Å². The summed E-state index contributed by atoms with van der Waals surface area (Å²) < 4.78 is 0. The minimum Gasteiger partial charge on any atom is -0.507 e. The maximum absolute atomic E-state index is 12.5. The average Bonchev–Trinajstić information content (AvgIpc) is 2.88. The Labute approximate surface area is 157 Å². The molecule has 1 atom stereocenters. The van der Waals surface area contributed by atoms with Crippen LogP contribution in [0, 0.1) is 0 Å². The molecular formula is C18H14N2O6S.